The minimum atomic E-state index is -0.797. The summed E-state index contributed by atoms with van der Waals surface area (Å²) in [5, 5.41) is 30.2. The number of aryl methyl sites for hydroxylation is 1. The summed E-state index contributed by atoms with van der Waals surface area (Å²) in [6.07, 6.45) is -0.466. The molecule has 0 radical (unpaired) electrons. The zero-order valence-corrected chi connectivity index (χ0v) is 11.2. The van der Waals surface area contributed by atoms with E-state index in [2.05, 4.69) is 12.2 Å². The van der Waals surface area contributed by atoms with Crippen LogP contribution in [0.3, 0.4) is 0 Å². The van der Waals surface area contributed by atoms with Crippen molar-refractivity contribution < 1.29 is 20.1 Å². The van der Waals surface area contributed by atoms with Gasteiger partial charge in [0.25, 0.3) is 0 Å². The highest BCUT2D eigenvalue weighted by Gasteiger charge is 2.07. The van der Waals surface area contributed by atoms with Crippen molar-refractivity contribution in [3.8, 4) is 5.75 Å². The molecule has 0 bridgehead atoms. The van der Waals surface area contributed by atoms with E-state index >= 15 is 0 Å². The van der Waals surface area contributed by atoms with Gasteiger partial charge in [-0.2, -0.15) is 0 Å². The van der Waals surface area contributed by atoms with Crippen LogP contribution in [0.1, 0.15) is 12.5 Å². The van der Waals surface area contributed by atoms with Gasteiger partial charge in [-0.25, -0.2) is 0 Å². The smallest absolute Gasteiger partial charge is 0.119 e. The Morgan fingerprint density at radius 1 is 1.11 bits per heavy atom. The van der Waals surface area contributed by atoms with E-state index < -0.39 is 12.2 Å². The number of ether oxygens (including phenoxy) is 1. The van der Waals surface area contributed by atoms with Crippen LogP contribution >= 0.6 is 0 Å². The number of benzene rings is 1. The van der Waals surface area contributed by atoms with E-state index in [-0.39, 0.29) is 19.8 Å². The molecule has 2 atom stereocenters. The van der Waals surface area contributed by atoms with Gasteiger partial charge in [0.1, 0.15) is 18.5 Å². The molecule has 0 saturated carbocycles. The molecule has 0 fully saturated rings. The number of aliphatic hydroxyl groups is 3. The molecule has 1 rings (SSSR count). The van der Waals surface area contributed by atoms with E-state index in [9.17, 15) is 5.11 Å². The summed E-state index contributed by atoms with van der Waals surface area (Å²) in [5.74, 6) is 0.728. The Bertz CT molecular complexity index is 342. The molecule has 0 aliphatic rings. The average molecular weight is 269 g/mol. The Hall–Kier alpha value is -1.14. The summed E-state index contributed by atoms with van der Waals surface area (Å²) in [6, 6.07) is 7.76. The van der Waals surface area contributed by atoms with Gasteiger partial charge in [-0.1, -0.05) is 19.1 Å². The van der Waals surface area contributed by atoms with E-state index in [0.717, 1.165) is 12.2 Å². The summed E-state index contributed by atoms with van der Waals surface area (Å²) >= 11 is 0. The summed E-state index contributed by atoms with van der Waals surface area (Å²) < 4.78 is 5.45. The highest BCUT2D eigenvalue weighted by molar-refractivity contribution is 5.27. The molecule has 0 aliphatic carbocycles. The number of aliphatic hydroxyl groups excluding tert-OH is 3. The van der Waals surface area contributed by atoms with Gasteiger partial charge in [0.2, 0.25) is 0 Å². The third-order valence-corrected chi connectivity index (χ3v) is 2.74. The predicted molar refractivity (Wildman–Crippen MR) is 73.3 cm³/mol. The first kappa shape index (κ1) is 15.9. The molecule has 0 amide bonds. The zero-order valence-electron chi connectivity index (χ0n) is 11.2. The fourth-order valence-electron chi connectivity index (χ4n) is 1.55. The lowest BCUT2D eigenvalue weighted by atomic mass is 10.2. The summed E-state index contributed by atoms with van der Waals surface area (Å²) in [7, 11) is 0. The molecule has 0 saturated heterocycles. The average Bonchev–Trinajstić information content (AvgIpc) is 2.45. The Morgan fingerprint density at radius 3 is 2.32 bits per heavy atom. The van der Waals surface area contributed by atoms with Crippen molar-refractivity contribution in [1.82, 2.24) is 5.32 Å². The standard InChI is InChI=1S/C14H23NO4/c1-2-11-3-5-14(6-4-11)19-10-13(18)8-15-7-12(17)9-16/h3-6,12-13,15-18H,2,7-10H2,1H3. The van der Waals surface area contributed by atoms with E-state index in [1.807, 2.05) is 24.3 Å². The van der Waals surface area contributed by atoms with Crippen LogP contribution in [0, 0.1) is 0 Å². The van der Waals surface area contributed by atoms with Crippen LogP contribution in [0.25, 0.3) is 0 Å². The third kappa shape index (κ3) is 6.54. The molecule has 19 heavy (non-hydrogen) atoms. The minimum absolute atomic E-state index is 0.188. The van der Waals surface area contributed by atoms with Gasteiger partial charge in [0, 0.05) is 13.1 Å². The molecule has 1 aromatic rings. The Morgan fingerprint density at radius 2 is 1.74 bits per heavy atom. The van der Waals surface area contributed by atoms with Crippen molar-refractivity contribution in [1.29, 1.82) is 0 Å². The number of nitrogens with one attached hydrogen (secondary N) is 1. The van der Waals surface area contributed by atoms with Crippen LogP contribution in [0.2, 0.25) is 0 Å². The lowest BCUT2D eigenvalue weighted by Gasteiger charge is -2.14. The SMILES string of the molecule is CCc1ccc(OCC(O)CNCC(O)CO)cc1. The molecule has 4 N–H and O–H groups in total. The maximum absolute atomic E-state index is 9.67. The minimum Gasteiger partial charge on any atom is -0.491 e. The largest absolute Gasteiger partial charge is 0.491 e. The predicted octanol–water partition coefficient (Wildman–Crippen LogP) is -0.0685. The normalized spacial score (nSPS) is 14.1. The van der Waals surface area contributed by atoms with Gasteiger partial charge in [-0.15, -0.1) is 0 Å². The van der Waals surface area contributed by atoms with E-state index in [4.69, 9.17) is 14.9 Å². The first-order chi connectivity index (χ1) is 9.15. The van der Waals surface area contributed by atoms with E-state index in [1.165, 1.54) is 5.56 Å². The third-order valence-electron chi connectivity index (χ3n) is 2.74. The lowest BCUT2D eigenvalue weighted by Crippen LogP contribution is -2.37. The molecule has 0 heterocycles. The first-order valence-corrected chi connectivity index (χ1v) is 6.55. The van der Waals surface area contributed by atoms with Crippen LogP contribution in [0.5, 0.6) is 5.75 Å². The van der Waals surface area contributed by atoms with E-state index in [0.29, 0.717) is 6.54 Å². The lowest BCUT2D eigenvalue weighted by molar-refractivity contribution is 0.0795. The molecule has 108 valence electrons. The Kier molecular flexibility index (Phi) is 7.43. The molecular formula is C14H23NO4. The van der Waals surface area contributed by atoms with Gasteiger partial charge in [-0.3, -0.25) is 0 Å². The fraction of sp³-hybridized carbons (Fsp3) is 0.571. The zero-order chi connectivity index (χ0) is 14.1. The quantitative estimate of drug-likeness (QED) is 0.504. The fourth-order valence-corrected chi connectivity index (χ4v) is 1.55. The number of hydrogen-bond donors (Lipinski definition) is 4. The maximum atomic E-state index is 9.67. The van der Waals surface area contributed by atoms with Gasteiger partial charge >= 0.3 is 0 Å². The van der Waals surface area contributed by atoms with Gasteiger partial charge in [0.05, 0.1) is 12.7 Å². The highest BCUT2D eigenvalue weighted by Crippen LogP contribution is 2.12. The second-order valence-corrected chi connectivity index (χ2v) is 4.46. The van der Waals surface area contributed by atoms with Gasteiger partial charge < -0.3 is 25.4 Å². The Labute approximate surface area is 113 Å². The molecule has 0 aliphatic heterocycles. The molecule has 0 spiro atoms. The van der Waals surface area contributed by atoms with Crippen LogP contribution in [-0.2, 0) is 6.42 Å². The molecule has 0 aromatic heterocycles. The van der Waals surface area contributed by atoms with Crippen molar-refractivity contribution in [3.05, 3.63) is 29.8 Å². The monoisotopic (exact) mass is 269 g/mol. The Balaban J connectivity index is 2.20. The number of rotatable bonds is 9. The summed E-state index contributed by atoms with van der Waals surface area (Å²) in [5.41, 5.74) is 1.24. The topological polar surface area (TPSA) is 82.0 Å². The van der Waals surface area contributed by atoms with Crippen molar-refractivity contribution in [2.75, 3.05) is 26.3 Å². The van der Waals surface area contributed by atoms with Crippen LogP contribution in [0.4, 0.5) is 0 Å². The molecule has 1 aromatic carbocycles. The van der Waals surface area contributed by atoms with Crippen molar-refractivity contribution in [3.63, 3.8) is 0 Å². The molecule has 5 nitrogen and oxygen atoms in total. The van der Waals surface area contributed by atoms with Crippen molar-refractivity contribution in [2.24, 2.45) is 0 Å². The highest BCUT2D eigenvalue weighted by atomic mass is 16.5. The molecular weight excluding hydrogens is 246 g/mol. The maximum Gasteiger partial charge on any atom is 0.119 e. The van der Waals surface area contributed by atoms with Crippen molar-refractivity contribution in [2.45, 2.75) is 25.6 Å². The first-order valence-electron chi connectivity index (χ1n) is 6.55. The van der Waals surface area contributed by atoms with Crippen molar-refractivity contribution >= 4 is 0 Å². The molecule has 5 heteroatoms. The van der Waals surface area contributed by atoms with Gasteiger partial charge in [0.15, 0.2) is 0 Å². The van der Waals surface area contributed by atoms with Crippen LogP contribution in [0.15, 0.2) is 24.3 Å². The van der Waals surface area contributed by atoms with Crippen LogP contribution in [-0.4, -0.2) is 53.8 Å². The van der Waals surface area contributed by atoms with Crippen LogP contribution < -0.4 is 10.1 Å². The second-order valence-electron chi connectivity index (χ2n) is 4.46. The second kappa shape index (κ2) is 8.87. The van der Waals surface area contributed by atoms with Gasteiger partial charge in [-0.05, 0) is 24.1 Å². The summed E-state index contributed by atoms with van der Waals surface area (Å²) in [4.78, 5) is 0. The molecule has 2 unspecified atom stereocenters. The summed E-state index contributed by atoms with van der Waals surface area (Å²) in [6.45, 7) is 2.55. The van der Waals surface area contributed by atoms with E-state index in [1.54, 1.807) is 0 Å². The number of hydrogen-bond acceptors (Lipinski definition) is 5.